The minimum Gasteiger partial charge on any atom is -0.393 e. The third-order valence-corrected chi connectivity index (χ3v) is 11.6. The number of aliphatic hydroxyl groups is 1. The molecule has 0 aromatic rings. The monoisotopic (exact) mass is 427 g/mol. The first-order valence-electron chi connectivity index (χ1n) is 13.6. The molecule has 2 heterocycles. The van der Waals surface area contributed by atoms with Crippen LogP contribution >= 0.6 is 0 Å². The Morgan fingerprint density at radius 2 is 1.90 bits per heavy atom. The molecule has 0 bridgehead atoms. The second-order valence-corrected chi connectivity index (χ2v) is 13.1. The Kier molecular flexibility index (Phi) is 4.99. The van der Waals surface area contributed by atoms with Gasteiger partial charge in [-0.05, 0) is 113 Å². The molecule has 0 aromatic carbocycles. The molecule has 4 aliphatic carbocycles. The lowest BCUT2D eigenvalue weighted by molar-refractivity contribution is -0.0795. The first-order valence-corrected chi connectivity index (χ1v) is 13.6. The highest BCUT2D eigenvalue weighted by Gasteiger charge is 2.59. The molecule has 3 nitrogen and oxygen atoms in total. The van der Waals surface area contributed by atoms with Gasteiger partial charge in [0.05, 0.1) is 17.8 Å². The molecule has 0 amide bonds. The number of allylic oxidation sites excluding steroid dienone is 1. The van der Waals surface area contributed by atoms with Crippen LogP contribution in [0.5, 0.6) is 0 Å². The van der Waals surface area contributed by atoms with Gasteiger partial charge in [0.2, 0.25) is 0 Å². The summed E-state index contributed by atoms with van der Waals surface area (Å²) in [4.78, 5) is 0. The van der Waals surface area contributed by atoms with E-state index >= 15 is 0 Å². The van der Waals surface area contributed by atoms with Crippen LogP contribution < -0.4 is 5.32 Å². The van der Waals surface area contributed by atoms with Gasteiger partial charge in [0.15, 0.2) is 0 Å². The number of hydrogen-bond donors (Lipinski definition) is 2. The van der Waals surface area contributed by atoms with E-state index in [9.17, 15) is 5.11 Å². The standard InChI is InChI=1S/C28H45NO2/c1-16-11-25-26(29-15-16)18(3)28(31-25)10-8-21-22-6-5-19-12-20(30)7-9-27(19,4)24(22)13-23(21)17(2)14-28/h16,18-22,24-26,29-30H,5-15H2,1-4H3/t16-,18+,19+,20+,21-,22?,24-,25?,26-,27-,28?/m0/s1. The van der Waals surface area contributed by atoms with Crippen molar-refractivity contribution in [2.45, 2.75) is 116 Å². The molecule has 5 fully saturated rings. The van der Waals surface area contributed by atoms with E-state index in [1.807, 2.05) is 5.57 Å². The van der Waals surface area contributed by atoms with E-state index in [0.29, 0.717) is 23.5 Å². The summed E-state index contributed by atoms with van der Waals surface area (Å²) in [6.45, 7) is 11.1. The summed E-state index contributed by atoms with van der Waals surface area (Å²) >= 11 is 0. The molecule has 0 radical (unpaired) electrons. The number of aliphatic hydroxyl groups excluding tert-OH is 1. The fourth-order valence-corrected chi connectivity index (χ4v) is 9.80. The second-order valence-electron chi connectivity index (χ2n) is 13.1. The van der Waals surface area contributed by atoms with Gasteiger partial charge in [-0.1, -0.05) is 31.9 Å². The van der Waals surface area contributed by atoms with Gasteiger partial charge in [-0.2, -0.15) is 0 Å². The van der Waals surface area contributed by atoms with Crippen molar-refractivity contribution < 1.29 is 9.84 Å². The van der Waals surface area contributed by atoms with E-state index in [2.05, 4.69) is 33.0 Å². The SMILES string of the molecule is CC1=C2C[C@H]3C(CC[C@@H]4C[C@H](O)CC[C@@]43C)[C@@H]2CCC2(C1)OC1C[C@H](C)CN[C@H]1[C@H]2C. The zero-order valence-electron chi connectivity index (χ0n) is 20.3. The first-order chi connectivity index (χ1) is 14.8. The van der Waals surface area contributed by atoms with Gasteiger partial charge in [0.25, 0.3) is 0 Å². The minimum atomic E-state index is -0.0387. The highest BCUT2D eigenvalue weighted by Crippen LogP contribution is 2.65. The molecule has 0 aromatic heterocycles. The molecule has 11 atom stereocenters. The van der Waals surface area contributed by atoms with Gasteiger partial charge in [-0.15, -0.1) is 0 Å². The van der Waals surface area contributed by atoms with Crippen LogP contribution in [0.15, 0.2) is 11.1 Å². The normalized spacial score (nSPS) is 56.6. The van der Waals surface area contributed by atoms with Crippen molar-refractivity contribution in [3.63, 3.8) is 0 Å². The maximum atomic E-state index is 10.3. The van der Waals surface area contributed by atoms with Gasteiger partial charge < -0.3 is 15.2 Å². The molecular weight excluding hydrogens is 382 g/mol. The third kappa shape index (κ3) is 3.08. The average molecular weight is 428 g/mol. The predicted molar refractivity (Wildman–Crippen MR) is 125 cm³/mol. The van der Waals surface area contributed by atoms with Crippen molar-refractivity contribution in [2.24, 2.45) is 40.9 Å². The lowest BCUT2D eigenvalue weighted by Crippen LogP contribution is -2.48. The molecule has 1 spiro atoms. The molecule has 2 aliphatic heterocycles. The topological polar surface area (TPSA) is 41.5 Å². The highest BCUT2D eigenvalue weighted by atomic mass is 16.5. The van der Waals surface area contributed by atoms with E-state index in [4.69, 9.17) is 4.74 Å². The van der Waals surface area contributed by atoms with Crippen molar-refractivity contribution in [1.82, 2.24) is 5.32 Å². The highest BCUT2D eigenvalue weighted by molar-refractivity contribution is 5.29. The maximum absolute atomic E-state index is 10.3. The molecular formula is C28H45NO2. The fourth-order valence-electron chi connectivity index (χ4n) is 9.80. The molecule has 6 rings (SSSR count). The number of piperidine rings is 1. The largest absolute Gasteiger partial charge is 0.393 e. The molecule has 3 unspecified atom stereocenters. The lowest BCUT2D eigenvalue weighted by atomic mass is 9.52. The first kappa shape index (κ1) is 21.2. The number of rotatable bonds is 0. The van der Waals surface area contributed by atoms with Crippen LogP contribution in [0.1, 0.15) is 91.9 Å². The number of nitrogens with one attached hydrogen (secondary N) is 1. The quantitative estimate of drug-likeness (QED) is 0.504. The summed E-state index contributed by atoms with van der Waals surface area (Å²) in [6.07, 6.45) is 12.8. The van der Waals surface area contributed by atoms with E-state index in [0.717, 1.165) is 49.0 Å². The van der Waals surface area contributed by atoms with Crippen LogP contribution in [0, 0.1) is 40.9 Å². The smallest absolute Gasteiger partial charge is 0.0765 e. The summed E-state index contributed by atoms with van der Waals surface area (Å²) in [7, 11) is 0. The second kappa shape index (κ2) is 7.31. The number of ether oxygens (including phenoxy) is 1. The van der Waals surface area contributed by atoms with Crippen LogP contribution in [0.3, 0.4) is 0 Å². The van der Waals surface area contributed by atoms with Crippen molar-refractivity contribution in [3.8, 4) is 0 Å². The zero-order valence-corrected chi connectivity index (χ0v) is 20.3. The van der Waals surface area contributed by atoms with Crippen molar-refractivity contribution in [1.29, 1.82) is 0 Å². The number of hydrogen-bond acceptors (Lipinski definition) is 3. The lowest BCUT2D eigenvalue weighted by Gasteiger charge is -2.53. The van der Waals surface area contributed by atoms with Gasteiger partial charge in [-0.3, -0.25) is 0 Å². The molecule has 2 N–H and O–H groups in total. The van der Waals surface area contributed by atoms with Crippen LogP contribution in [0.4, 0.5) is 0 Å². The molecule has 3 heteroatoms. The molecule has 6 aliphatic rings. The number of fused-ring (bicyclic) bond motifs is 6. The molecule has 174 valence electrons. The van der Waals surface area contributed by atoms with Crippen LogP contribution in [0.25, 0.3) is 0 Å². The molecule has 2 saturated heterocycles. The Hall–Kier alpha value is -0.380. The van der Waals surface area contributed by atoms with E-state index in [1.54, 1.807) is 5.57 Å². The Morgan fingerprint density at radius 1 is 1.06 bits per heavy atom. The van der Waals surface area contributed by atoms with Crippen LogP contribution in [-0.2, 0) is 4.74 Å². The molecule has 3 saturated carbocycles. The van der Waals surface area contributed by atoms with Gasteiger partial charge in [0.1, 0.15) is 0 Å². The Labute approximate surface area is 189 Å². The summed E-state index contributed by atoms with van der Waals surface area (Å²) in [5.41, 5.74) is 4.06. The fraction of sp³-hybridized carbons (Fsp3) is 0.929. The van der Waals surface area contributed by atoms with Crippen LogP contribution in [-0.4, -0.2) is 35.5 Å². The van der Waals surface area contributed by atoms with Crippen molar-refractivity contribution in [2.75, 3.05) is 6.54 Å². The summed E-state index contributed by atoms with van der Waals surface area (Å²) < 4.78 is 7.02. The zero-order chi connectivity index (χ0) is 21.5. The van der Waals surface area contributed by atoms with Gasteiger partial charge in [0, 0.05) is 12.0 Å². The van der Waals surface area contributed by atoms with Crippen molar-refractivity contribution >= 4 is 0 Å². The van der Waals surface area contributed by atoms with Gasteiger partial charge >= 0.3 is 0 Å². The minimum absolute atomic E-state index is 0.0387. The van der Waals surface area contributed by atoms with Gasteiger partial charge in [-0.25, -0.2) is 0 Å². The van der Waals surface area contributed by atoms with E-state index in [-0.39, 0.29) is 11.7 Å². The maximum Gasteiger partial charge on any atom is 0.0765 e. The average Bonchev–Trinajstić information content (AvgIpc) is 3.19. The summed E-state index contributed by atoms with van der Waals surface area (Å²) in [6, 6.07) is 0.558. The Bertz CT molecular complexity index is 762. The predicted octanol–water partition coefficient (Wildman–Crippen LogP) is 5.47. The van der Waals surface area contributed by atoms with Crippen LogP contribution in [0.2, 0.25) is 0 Å². The van der Waals surface area contributed by atoms with E-state index < -0.39 is 0 Å². The molecule has 31 heavy (non-hydrogen) atoms. The summed E-state index contributed by atoms with van der Waals surface area (Å²) in [5, 5.41) is 14.2. The summed E-state index contributed by atoms with van der Waals surface area (Å²) in [5.74, 6) is 4.64. The Balaban J connectivity index is 1.27. The Morgan fingerprint density at radius 3 is 2.74 bits per heavy atom. The third-order valence-electron chi connectivity index (χ3n) is 11.6. The van der Waals surface area contributed by atoms with Crippen molar-refractivity contribution in [3.05, 3.63) is 11.1 Å². The van der Waals surface area contributed by atoms with E-state index in [1.165, 1.54) is 51.4 Å².